The molecular formula is C15H24BrNO. The molecule has 0 bridgehead atoms. The summed E-state index contributed by atoms with van der Waals surface area (Å²) in [7, 11) is 0. The van der Waals surface area contributed by atoms with Gasteiger partial charge < -0.3 is 10.4 Å². The van der Waals surface area contributed by atoms with Crippen LogP contribution in [0.3, 0.4) is 0 Å². The van der Waals surface area contributed by atoms with Crippen molar-refractivity contribution >= 4 is 21.6 Å². The summed E-state index contributed by atoms with van der Waals surface area (Å²) in [5, 5.41) is 13.0. The molecule has 3 heteroatoms. The lowest BCUT2D eigenvalue weighted by Gasteiger charge is -2.30. The Morgan fingerprint density at radius 3 is 2.39 bits per heavy atom. The van der Waals surface area contributed by atoms with Crippen LogP contribution in [0.1, 0.15) is 46.0 Å². The second kappa shape index (κ2) is 7.80. The van der Waals surface area contributed by atoms with Crippen LogP contribution < -0.4 is 5.32 Å². The minimum absolute atomic E-state index is 0.162. The zero-order valence-electron chi connectivity index (χ0n) is 11.4. The predicted molar refractivity (Wildman–Crippen MR) is 82.0 cm³/mol. The van der Waals surface area contributed by atoms with Crippen LogP contribution >= 0.6 is 15.9 Å². The van der Waals surface area contributed by atoms with Gasteiger partial charge in [0, 0.05) is 10.2 Å². The van der Waals surface area contributed by atoms with Crippen LogP contribution in [-0.2, 0) is 0 Å². The molecule has 1 atom stereocenters. The first-order chi connectivity index (χ1) is 8.59. The van der Waals surface area contributed by atoms with E-state index < -0.39 is 0 Å². The van der Waals surface area contributed by atoms with E-state index in [1.807, 2.05) is 24.3 Å². The van der Waals surface area contributed by atoms with Crippen LogP contribution in [0, 0.1) is 0 Å². The summed E-state index contributed by atoms with van der Waals surface area (Å²) in [4.78, 5) is 0. The normalized spacial score (nSPS) is 14.2. The van der Waals surface area contributed by atoms with Crippen molar-refractivity contribution in [2.45, 2.75) is 51.5 Å². The second-order valence-electron chi connectivity index (χ2n) is 5.16. The minimum atomic E-state index is -0.221. The van der Waals surface area contributed by atoms with Gasteiger partial charge in [0.2, 0.25) is 0 Å². The van der Waals surface area contributed by atoms with Gasteiger partial charge in [0.25, 0.3) is 0 Å². The maximum atomic E-state index is 9.59. The summed E-state index contributed by atoms with van der Waals surface area (Å²) in [5.41, 5.74) is 0.840. The van der Waals surface area contributed by atoms with E-state index in [0.29, 0.717) is 0 Å². The Kier molecular flexibility index (Phi) is 6.72. The van der Waals surface area contributed by atoms with Crippen LogP contribution in [0.4, 0.5) is 5.69 Å². The van der Waals surface area contributed by atoms with E-state index in [1.54, 1.807) is 0 Å². The summed E-state index contributed by atoms with van der Waals surface area (Å²) in [6.45, 7) is 4.46. The van der Waals surface area contributed by atoms with Gasteiger partial charge in [-0.3, -0.25) is 0 Å². The molecule has 18 heavy (non-hydrogen) atoms. The van der Waals surface area contributed by atoms with Crippen LogP contribution in [0.2, 0.25) is 0 Å². The number of anilines is 1. The highest BCUT2D eigenvalue weighted by Gasteiger charge is 2.22. The van der Waals surface area contributed by atoms with Crippen molar-refractivity contribution in [3.05, 3.63) is 28.7 Å². The third-order valence-electron chi connectivity index (χ3n) is 3.22. The van der Waals surface area contributed by atoms with E-state index in [1.165, 1.54) is 19.3 Å². The van der Waals surface area contributed by atoms with Crippen molar-refractivity contribution in [1.29, 1.82) is 0 Å². The lowest BCUT2D eigenvalue weighted by atomic mass is 9.94. The van der Waals surface area contributed by atoms with E-state index in [2.05, 4.69) is 35.1 Å². The molecule has 0 fully saturated rings. The number of aliphatic hydroxyl groups excluding tert-OH is 1. The molecular weight excluding hydrogens is 290 g/mol. The molecule has 0 saturated heterocycles. The van der Waals surface area contributed by atoms with E-state index in [9.17, 15) is 5.11 Å². The molecule has 1 unspecified atom stereocenters. The molecule has 0 radical (unpaired) electrons. The number of halogens is 1. The Balaban J connectivity index is 2.50. The average Bonchev–Trinajstić information content (AvgIpc) is 2.38. The maximum absolute atomic E-state index is 9.59. The van der Waals surface area contributed by atoms with E-state index in [-0.39, 0.29) is 12.1 Å². The number of hydrogen-bond donors (Lipinski definition) is 2. The zero-order valence-corrected chi connectivity index (χ0v) is 13.0. The van der Waals surface area contributed by atoms with Crippen LogP contribution in [0.15, 0.2) is 28.7 Å². The van der Waals surface area contributed by atoms with Gasteiger partial charge in [-0.05, 0) is 37.6 Å². The molecule has 1 rings (SSSR count). The molecule has 0 aromatic heterocycles. The number of rotatable bonds is 8. The average molecular weight is 314 g/mol. The Bertz CT molecular complexity index is 339. The highest BCUT2D eigenvalue weighted by Crippen LogP contribution is 2.22. The predicted octanol–water partition coefficient (Wildman–Crippen LogP) is 4.58. The number of aliphatic hydroxyl groups is 1. The van der Waals surface area contributed by atoms with Gasteiger partial charge in [0.15, 0.2) is 0 Å². The van der Waals surface area contributed by atoms with Gasteiger partial charge in [-0.15, -0.1) is 0 Å². The fourth-order valence-electron chi connectivity index (χ4n) is 2.00. The van der Waals surface area contributed by atoms with Gasteiger partial charge in [-0.2, -0.15) is 0 Å². The van der Waals surface area contributed by atoms with Gasteiger partial charge >= 0.3 is 0 Å². The Hall–Kier alpha value is -0.540. The van der Waals surface area contributed by atoms with Gasteiger partial charge in [0.1, 0.15) is 0 Å². The summed E-state index contributed by atoms with van der Waals surface area (Å²) in [5.74, 6) is 0. The standard InChI is InChI=1S/C15H24BrNO/c1-3-4-5-6-11-15(2,12-18)17-14-9-7-13(16)8-10-14/h7-10,17-18H,3-6,11-12H2,1-2H3. The molecule has 0 heterocycles. The second-order valence-corrected chi connectivity index (χ2v) is 6.08. The summed E-state index contributed by atoms with van der Waals surface area (Å²) < 4.78 is 1.07. The first kappa shape index (κ1) is 15.5. The van der Waals surface area contributed by atoms with Crippen molar-refractivity contribution < 1.29 is 5.11 Å². The quantitative estimate of drug-likeness (QED) is 0.688. The Morgan fingerprint density at radius 2 is 1.83 bits per heavy atom. The molecule has 0 spiro atoms. The van der Waals surface area contributed by atoms with Crippen molar-refractivity contribution in [3.63, 3.8) is 0 Å². The maximum Gasteiger partial charge on any atom is 0.0658 e. The molecule has 2 nitrogen and oxygen atoms in total. The third-order valence-corrected chi connectivity index (χ3v) is 3.75. The molecule has 0 aliphatic rings. The molecule has 102 valence electrons. The number of benzene rings is 1. The van der Waals surface area contributed by atoms with E-state index in [0.717, 1.165) is 23.0 Å². The van der Waals surface area contributed by atoms with Crippen LogP contribution in [0.5, 0.6) is 0 Å². The van der Waals surface area contributed by atoms with E-state index in [4.69, 9.17) is 0 Å². The van der Waals surface area contributed by atoms with Gasteiger partial charge in [-0.1, -0.05) is 48.5 Å². The fourth-order valence-corrected chi connectivity index (χ4v) is 2.27. The fraction of sp³-hybridized carbons (Fsp3) is 0.600. The van der Waals surface area contributed by atoms with Crippen LogP contribution in [0.25, 0.3) is 0 Å². The molecule has 1 aromatic rings. The first-order valence-electron chi connectivity index (χ1n) is 6.74. The number of unbranched alkanes of at least 4 members (excludes halogenated alkanes) is 3. The lowest BCUT2D eigenvalue weighted by molar-refractivity contribution is 0.211. The largest absolute Gasteiger partial charge is 0.394 e. The topological polar surface area (TPSA) is 32.3 Å². The molecule has 0 aliphatic carbocycles. The van der Waals surface area contributed by atoms with Crippen molar-refractivity contribution in [2.24, 2.45) is 0 Å². The summed E-state index contributed by atoms with van der Waals surface area (Å²) in [6.07, 6.45) is 5.93. The monoisotopic (exact) mass is 313 g/mol. The smallest absolute Gasteiger partial charge is 0.0658 e. The Labute approximate surface area is 119 Å². The lowest BCUT2D eigenvalue weighted by Crippen LogP contribution is -2.38. The SMILES string of the molecule is CCCCCCC(C)(CO)Nc1ccc(Br)cc1. The molecule has 0 aliphatic heterocycles. The highest BCUT2D eigenvalue weighted by molar-refractivity contribution is 9.10. The highest BCUT2D eigenvalue weighted by atomic mass is 79.9. The Morgan fingerprint density at radius 1 is 1.17 bits per heavy atom. The third kappa shape index (κ3) is 5.40. The molecule has 0 amide bonds. The number of nitrogens with one attached hydrogen (secondary N) is 1. The zero-order chi connectivity index (χ0) is 13.4. The van der Waals surface area contributed by atoms with Crippen molar-refractivity contribution in [1.82, 2.24) is 0 Å². The van der Waals surface area contributed by atoms with E-state index >= 15 is 0 Å². The number of hydrogen-bond acceptors (Lipinski definition) is 2. The van der Waals surface area contributed by atoms with Crippen LogP contribution in [-0.4, -0.2) is 17.3 Å². The molecule has 0 saturated carbocycles. The molecule has 1 aromatic carbocycles. The minimum Gasteiger partial charge on any atom is -0.394 e. The van der Waals surface area contributed by atoms with Crippen molar-refractivity contribution in [3.8, 4) is 0 Å². The summed E-state index contributed by atoms with van der Waals surface area (Å²) in [6, 6.07) is 8.09. The first-order valence-corrected chi connectivity index (χ1v) is 7.53. The molecule has 2 N–H and O–H groups in total. The summed E-state index contributed by atoms with van der Waals surface area (Å²) >= 11 is 3.42. The van der Waals surface area contributed by atoms with Gasteiger partial charge in [0.05, 0.1) is 12.1 Å². The van der Waals surface area contributed by atoms with Gasteiger partial charge in [-0.25, -0.2) is 0 Å². The van der Waals surface area contributed by atoms with Crippen molar-refractivity contribution in [2.75, 3.05) is 11.9 Å².